The summed E-state index contributed by atoms with van der Waals surface area (Å²) >= 11 is 15.3. The van der Waals surface area contributed by atoms with Gasteiger partial charge < -0.3 is 5.32 Å². The molecular formula is C17H16BrCl2N3O. The number of anilines is 1. The van der Waals surface area contributed by atoms with Crippen LogP contribution in [0.25, 0.3) is 0 Å². The molecule has 2 aromatic rings. The Hall–Kier alpha value is -1.56. The molecule has 0 radical (unpaired) electrons. The number of hydrogen-bond acceptors (Lipinski definition) is 3. The molecule has 0 saturated heterocycles. The van der Waals surface area contributed by atoms with Crippen molar-refractivity contribution in [3.8, 4) is 0 Å². The lowest BCUT2D eigenvalue weighted by molar-refractivity contribution is -0.121. The molecule has 1 atom stereocenters. The number of nitrogens with zero attached hydrogens (tertiary/aromatic N) is 1. The average Bonchev–Trinajstić information content (AvgIpc) is 2.56. The van der Waals surface area contributed by atoms with E-state index in [-0.39, 0.29) is 11.9 Å². The van der Waals surface area contributed by atoms with E-state index in [0.29, 0.717) is 22.0 Å². The van der Waals surface area contributed by atoms with Gasteiger partial charge in [-0.3, -0.25) is 4.79 Å². The van der Waals surface area contributed by atoms with Crippen LogP contribution in [0.1, 0.15) is 18.9 Å². The quantitative estimate of drug-likeness (QED) is 0.496. The molecule has 2 N–H and O–H groups in total. The highest BCUT2D eigenvalue weighted by Crippen LogP contribution is 2.19. The lowest BCUT2D eigenvalue weighted by atomic mass is 10.2. The van der Waals surface area contributed by atoms with E-state index in [9.17, 15) is 4.79 Å². The highest BCUT2D eigenvalue weighted by Gasteiger charge is 2.15. The van der Waals surface area contributed by atoms with E-state index in [2.05, 4.69) is 31.8 Å². The first-order valence-electron chi connectivity index (χ1n) is 7.29. The number of carbonyl (C=O) groups is 1. The van der Waals surface area contributed by atoms with Crippen LogP contribution in [0.5, 0.6) is 0 Å². The summed E-state index contributed by atoms with van der Waals surface area (Å²) in [5.41, 5.74) is 4.06. The molecule has 2 aromatic carbocycles. The molecule has 1 amide bonds. The fourth-order valence-corrected chi connectivity index (χ4v) is 2.67. The molecule has 2 rings (SSSR count). The van der Waals surface area contributed by atoms with Crippen molar-refractivity contribution in [1.29, 1.82) is 0 Å². The molecule has 0 aliphatic rings. The second kappa shape index (κ2) is 9.06. The Morgan fingerprint density at radius 1 is 1.25 bits per heavy atom. The third kappa shape index (κ3) is 5.51. The van der Waals surface area contributed by atoms with Crippen LogP contribution in [0.15, 0.2) is 52.0 Å². The molecule has 0 bridgehead atoms. The van der Waals surface area contributed by atoms with Crippen LogP contribution < -0.4 is 10.7 Å². The molecule has 0 aliphatic carbocycles. The van der Waals surface area contributed by atoms with Gasteiger partial charge >= 0.3 is 0 Å². The van der Waals surface area contributed by atoms with Crippen molar-refractivity contribution in [2.24, 2.45) is 5.10 Å². The number of hydrogen-bond donors (Lipinski definition) is 2. The molecule has 24 heavy (non-hydrogen) atoms. The van der Waals surface area contributed by atoms with Crippen molar-refractivity contribution in [2.75, 3.05) is 5.32 Å². The summed E-state index contributed by atoms with van der Waals surface area (Å²) in [4.78, 5) is 12.2. The molecule has 0 aromatic heterocycles. The van der Waals surface area contributed by atoms with E-state index in [1.165, 1.54) is 6.21 Å². The first-order valence-corrected chi connectivity index (χ1v) is 8.84. The van der Waals surface area contributed by atoms with Crippen LogP contribution in [-0.4, -0.2) is 18.2 Å². The molecule has 0 fully saturated rings. The summed E-state index contributed by atoms with van der Waals surface area (Å²) < 4.78 is 0.981. The zero-order chi connectivity index (χ0) is 17.5. The lowest BCUT2D eigenvalue weighted by Crippen LogP contribution is -2.36. The Morgan fingerprint density at radius 2 is 1.96 bits per heavy atom. The molecule has 0 saturated carbocycles. The number of carbonyl (C=O) groups excluding carboxylic acids is 1. The summed E-state index contributed by atoms with van der Waals surface area (Å²) in [5, 5.41) is 8.15. The van der Waals surface area contributed by atoms with E-state index in [0.717, 1.165) is 10.2 Å². The molecule has 0 aliphatic heterocycles. The fourth-order valence-electron chi connectivity index (χ4n) is 1.95. The smallest absolute Gasteiger partial charge is 0.262 e. The fraction of sp³-hybridized carbons (Fsp3) is 0.176. The predicted molar refractivity (Wildman–Crippen MR) is 104 cm³/mol. The van der Waals surface area contributed by atoms with Crippen LogP contribution in [0.2, 0.25) is 10.0 Å². The highest BCUT2D eigenvalue weighted by atomic mass is 79.9. The van der Waals surface area contributed by atoms with Gasteiger partial charge in [-0.05, 0) is 42.8 Å². The predicted octanol–water partition coefficient (Wildman–Crippen LogP) is 5.10. The van der Waals surface area contributed by atoms with Crippen LogP contribution in [0, 0.1) is 0 Å². The van der Waals surface area contributed by atoms with Crippen LogP contribution >= 0.6 is 39.1 Å². The number of benzene rings is 2. The van der Waals surface area contributed by atoms with Crippen molar-refractivity contribution in [1.82, 2.24) is 5.43 Å². The van der Waals surface area contributed by atoms with Gasteiger partial charge in [-0.25, -0.2) is 5.43 Å². The van der Waals surface area contributed by atoms with Crippen molar-refractivity contribution < 1.29 is 4.79 Å². The van der Waals surface area contributed by atoms with Crippen LogP contribution in [-0.2, 0) is 4.79 Å². The summed E-state index contributed by atoms with van der Waals surface area (Å²) in [6, 6.07) is 12.3. The second-order valence-corrected chi connectivity index (χ2v) is 6.77. The van der Waals surface area contributed by atoms with Crippen LogP contribution in [0.4, 0.5) is 5.69 Å². The monoisotopic (exact) mass is 427 g/mol. The number of rotatable bonds is 6. The van der Waals surface area contributed by atoms with Gasteiger partial charge in [0.1, 0.15) is 6.04 Å². The Labute approximate surface area is 159 Å². The van der Waals surface area contributed by atoms with E-state index in [4.69, 9.17) is 23.2 Å². The normalized spacial score (nSPS) is 12.2. The molecular weight excluding hydrogens is 413 g/mol. The van der Waals surface area contributed by atoms with Gasteiger partial charge in [0.15, 0.2) is 0 Å². The first kappa shape index (κ1) is 18.8. The van der Waals surface area contributed by atoms with Gasteiger partial charge in [0.2, 0.25) is 0 Å². The second-order valence-electron chi connectivity index (χ2n) is 5.01. The van der Waals surface area contributed by atoms with Gasteiger partial charge in [-0.15, -0.1) is 0 Å². The van der Waals surface area contributed by atoms with E-state index >= 15 is 0 Å². The SMILES string of the molecule is CC[C@@H](Nc1ccc(Br)cc1)C(=O)N/N=C\c1ccc(Cl)cc1Cl. The molecule has 0 spiro atoms. The average molecular weight is 429 g/mol. The summed E-state index contributed by atoms with van der Waals surface area (Å²) in [5.74, 6) is -0.221. The molecule has 0 unspecified atom stereocenters. The molecule has 4 nitrogen and oxygen atoms in total. The zero-order valence-electron chi connectivity index (χ0n) is 12.9. The van der Waals surface area contributed by atoms with Crippen molar-refractivity contribution in [2.45, 2.75) is 19.4 Å². The van der Waals surface area contributed by atoms with Gasteiger partial charge in [-0.1, -0.05) is 52.1 Å². The third-order valence-corrected chi connectivity index (χ3v) is 4.34. The van der Waals surface area contributed by atoms with Gasteiger partial charge in [0, 0.05) is 20.7 Å². The first-order chi connectivity index (χ1) is 11.5. The molecule has 126 valence electrons. The lowest BCUT2D eigenvalue weighted by Gasteiger charge is -2.16. The minimum Gasteiger partial charge on any atom is -0.374 e. The van der Waals surface area contributed by atoms with Gasteiger partial charge in [-0.2, -0.15) is 5.10 Å². The highest BCUT2D eigenvalue weighted by molar-refractivity contribution is 9.10. The maximum absolute atomic E-state index is 12.2. The maximum Gasteiger partial charge on any atom is 0.262 e. The van der Waals surface area contributed by atoms with Crippen molar-refractivity contribution in [3.63, 3.8) is 0 Å². The minimum absolute atomic E-state index is 0.221. The topological polar surface area (TPSA) is 53.5 Å². The largest absolute Gasteiger partial charge is 0.374 e. The minimum atomic E-state index is -0.385. The Bertz CT molecular complexity index is 735. The number of amides is 1. The Kier molecular flexibility index (Phi) is 7.09. The summed E-state index contributed by atoms with van der Waals surface area (Å²) in [7, 11) is 0. The molecule has 0 heterocycles. The van der Waals surface area contributed by atoms with Crippen LogP contribution in [0.3, 0.4) is 0 Å². The zero-order valence-corrected chi connectivity index (χ0v) is 16.0. The van der Waals surface area contributed by atoms with E-state index in [1.807, 2.05) is 31.2 Å². The third-order valence-electron chi connectivity index (χ3n) is 3.25. The van der Waals surface area contributed by atoms with Gasteiger partial charge in [0.05, 0.1) is 11.2 Å². The van der Waals surface area contributed by atoms with Gasteiger partial charge in [0.25, 0.3) is 5.91 Å². The molecule has 7 heteroatoms. The number of halogens is 3. The summed E-state index contributed by atoms with van der Waals surface area (Å²) in [6.45, 7) is 1.93. The van der Waals surface area contributed by atoms with E-state index < -0.39 is 0 Å². The Balaban J connectivity index is 1.96. The Morgan fingerprint density at radius 3 is 2.58 bits per heavy atom. The standard InChI is InChI=1S/C17H16BrCl2N3O/c1-2-16(22-14-7-4-12(18)5-8-14)17(24)23-21-10-11-3-6-13(19)9-15(11)20/h3-10,16,22H,2H2,1H3,(H,23,24)/b21-10-/t16-/m1/s1. The maximum atomic E-state index is 12.2. The van der Waals surface area contributed by atoms with Crippen molar-refractivity contribution >= 4 is 56.9 Å². The van der Waals surface area contributed by atoms with E-state index in [1.54, 1.807) is 18.2 Å². The summed E-state index contributed by atoms with van der Waals surface area (Å²) in [6.07, 6.45) is 2.11. The number of hydrazone groups is 1. The van der Waals surface area contributed by atoms with Crippen molar-refractivity contribution in [3.05, 3.63) is 62.5 Å². The number of nitrogens with one attached hydrogen (secondary N) is 2.